The molecule has 92 valence electrons. The number of aromatic nitrogens is 3. The first-order chi connectivity index (χ1) is 9.33. The van der Waals surface area contributed by atoms with Gasteiger partial charge < -0.3 is 0 Å². The van der Waals surface area contributed by atoms with Crippen LogP contribution in [0.25, 0.3) is 22.5 Å². The first kappa shape index (κ1) is 11.5. The second kappa shape index (κ2) is 4.98. The molecule has 3 heteroatoms. The highest BCUT2D eigenvalue weighted by Gasteiger charge is 2.05. The molecule has 0 unspecified atom stereocenters. The zero-order valence-electron chi connectivity index (χ0n) is 10.6. The lowest BCUT2D eigenvalue weighted by molar-refractivity contribution is 1.24. The minimum absolute atomic E-state index is 0.937. The van der Waals surface area contributed by atoms with Crippen molar-refractivity contribution >= 4 is 0 Å². The summed E-state index contributed by atoms with van der Waals surface area (Å²) in [6, 6.07) is 12.0. The van der Waals surface area contributed by atoms with Crippen LogP contribution >= 0.6 is 0 Å². The van der Waals surface area contributed by atoms with E-state index in [0.29, 0.717) is 0 Å². The van der Waals surface area contributed by atoms with E-state index in [1.807, 2.05) is 36.7 Å². The lowest BCUT2D eigenvalue weighted by Crippen LogP contribution is -1.91. The Labute approximate surface area is 112 Å². The van der Waals surface area contributed by atoms with Gasteiger partial charge >= 0.3 is 0 Å². The highest BCUT2D eigenvalue weighted by molar-refractivity contribution is 5.66. The first-order valence-corrected chi connectivity index (χ1v) is 6.12. The van der Waals surface area contributed by atoms with Crippen molar-refractivity contribution < 1.29 is 0 Å². The van der Waals surface area contributed by atoms with Gasteiger partial charge in [-0.2, -0.15) is 0 Å². The van der Waals surface area contributed by atoms with E-state index in [9.17, 15) is 0 Å². The molecule has 0 radical (unpaired) electrons. The lowest BCUT2D eigenvalue weighted by atomic mass is 10.1. The number of hydrogen-bond donors (Lipinski definition) is 0. The topological polar surface area (TPSA) is 38.7 Å². The average molecular weight is 247 g/mol. The van der Waals surface area contributed by atoms with Crippen molar-refractivity contribution in [1.82, 2.24) is 15.0 Å². The summed E-state index contributed by atoms with van der Waals surface area (Å²) < 4.78 is 0. The molecule has 0 aliphatic carbocycles. The molecule has 3 aromatic heterocycles. The second-order valence-corrected chi connectivity index (χ2v) is 4.40. The van der Waals surface area contributed by atoms with Gasteiger partial charge in [0, 0.05) is 35.9 Å². The Morgan fingerprint density at radius 2 is 1.32 bits per heavy atom. The van der Waals surface area contributed by atoms with Gasteiger partial charge in [-0.15, -0.1) is 0 Å². The fourth-order valence-electron chi connectivity index (χ4n) is 1.99. The van der Waals surface area contributed by atoms with Crippen molar-refractivity contribution in [1.29, 1.82) is 0 Å². The van der Waals surface area contributed by atoms with E-state index in [2.05, 4.69) is 29.0 Å². The van der Waals surface area contributed by atoms with Crippen LogP contribution in [0.1, 0.15) is 5.56 Å². The molecular weight excluding hydrogens is 234 g/mol. The number of nitrogens with zero attached hydrogens (tertiary/aromatic N) is 3. The lowest BCUT2D eigenvalue weighted by Gasteiger charge is -2.06. The van der Waals surface area contributed by atoms with Gasteiger partial charge in [-0.05, 0) is 48.9 Å². The summed E-state index contributed by atoms with van der Waals surface area (Å²) in [6.07, 6.45) is 7.19. The molecular formula is C16H13N3. The summed E-state index contributed by atoms with van der Waals surface area (Å²) in [5, 5.41) is 0. The van der Waals surface area contributed by atoms with Gasteiger partial charge in [0.15, 0.2) is 0 Å². The Hall–Kier alpha value is -2.55. The summed E-state index contributed by atoms with van der Waals surface area (Å²) in [7, 11) is 0. The number of hydrogen-bond acceptors (Lipinski definition) is 3. The molecule has 0 aliphatic heterocycles. The van der Waals surface area contributed by atoms with Gasteiger partial charge in [0.2, 0.25) is 0 Å². The molecule has 0 spiro atoms. The predicted octanol–water partition coefficient (Wildman–Crippen LogP) is 3.51. The van der Waals surface area contributed by atoms with Gasteiger partial charge in [0.05, 0.1) is 11.4 Å². The summed E-state index contributed by atoms with van der Waals surface area (Å²) in [4.78, 5) is 13.0. The van der Waals surface area contributed by atoms with E-state index in [1.165, 1.54) is 5.56 Å². The maximum absolute atomic E-state index is 4.69. The molecule has 0 bridgehead atoms. The Morgan fingerprint density at radius 1 is 0.789 bits per heavy atom. The highest BCUT2D eigenvalue weighted by atomic mass is 14.7. The predicted molar refractivity (Wildman–Crippen MR) is 75.4 cm³/mol. The second-order valence-electron chi connectivity index (χ2n) is 4.40. The van der Waals surface area contributed by atoms with Gasteiger partial charge in [0.1, 0.15) is 0 Å². The summed E-state index contributed by atoms with van der Waals surface area (Å²) in [5.41, 5.74) is 5.10. The maximum Gasteiger partial charge on any atom is 0.0727 e. The molecule has 0 atom stereocenters. The molecule has 0 saturated heterocycles. The van der Waals surface area contributed by atoms with Crippen molar-refractivity contribution in [3.8, 4) is 22.5 Å². The molecule has 0 N–H and O–H groups in total. The third kappa shape index (κ3) is 2.50. The van der Waals surface area contributed by atoms with Crippen LogP contribution in [0.15, 0.2) is 61.2 Å². The Bertz CT molecular complexity index is 621. The summed E-state index contributed by atoms with van der Waals surface area (Å²) in [5.74, 6) is 0. The van der Waals surface area contributed by atoms with Crippen molar-refractivity contribution in [3.63, 3.8) is 0 Å². The van der Waals surface area contributed by atoms with Crippen molar-refractivity contribution in [3.05, 3.63) is 66.7 Å². The van der Waals surface area contributed by atoms with Crippen LogP contribution in [0, 0.1) is 6.92 Å². The fourth-order valence-corrected chi connectivity index (χ4v) is 1.99. The van der Waals surface area contributed by atoms with Crippen LogP contribution in [-0.2, 0) is 0 Å². The number of aryl methyl sites for hydroxylation is 1. The van der Waals surface area contributed by atoms with Crippen LogP contribution in [-0.4, -0.2) is 15.0 Å². The molecule has 19 heavy (non-hydrogen) atoms. The molecule has 3 nitrogen and oxygen atoms in total. The minimum Gasteiger partial charge on any atom is -0.264 e. The van der Waals surface area contributed by atoms with E-state index >= 15 is 0 Å². The van der Waals surface area contributed by atoms with E-state index < -0.39 is 0 Å². The zero-order valence-corrected chi connectivity index (χ0v) is 10.6. The minimum atomic E-state index is 0.937. The van der Waals surface area contributed by atoms with E-state index in [0.717, 1.165) is 22.5 Å². The molecule has 0 aromatic carbocycles. The largest absolute Gasteiger partial charge is 0.264 e. The quantitative estimate of drug-likeness (QED) is 0.695. The smallest absolute Gasteiger partial charge is 0.0727 e. The van der Waals surface area contributed by atoms with Crippen LogP contribution in [0.5, 0.6) is 0 Å². The normalized spacial score (nSPS) is 10.4. The Balaban J connectivity index is 2.12. The molecule has 0 amide bonds. The monoisotopic (exact) mass is 247 g/mol. The molecule has 0 saturated carbocycles. The zero-order chi connectivity index (χ0) is 13.1. The summed E-state index contributed by atoms with van der Waals surface area (Å²) in [6.45, 7) is 2.07. The van der Waals surface area contributed by atoms with Gasteiger partial charge in [-0.1, -0.05) is 0 Å². The van der Waals surface area contributed by atoms with Gasteiger partial charge in [0.25, 0.3) is 0 Å². The molecule has 0 aliphatic rings. The third-order valence-electron chi connectivity index (χ3n) is 2.88. The summed E-state index contributed by atoms with van der Waals surface area (Å²) >= 11 is 0. The van der Waals surface area contributed by atoms with E-state index in [4.69, 9.17) is 4.98 Å². The first-order valence-electron chi connectivity index (χ1n) is 6.12. The van der Waals surface area contributed by atoms with Crippen molar-refractivity contribution in [2.45, 2.75) is 6.92 Å². The fraction of sp³-hybridized carbons (Fsp3) is 0.0625. The van der Waals surface area contributed by atoms with Crippen LogP contribution in [0.2, 0.25) is 0 Å². The number of pyridine rings is 3. The Morgan fingerprint density at radius 3 is 1.74 bits per heavy atom. The van der Waals surface area contributed by atoms with Crippen LogP contribution in [0.4, 0.5) is 0 Å². The molecule has 0 fully saturated rings. The van der Waals surface area contributed by atoms with Crippen molar-refractivity contribution in [2.24, 2.45) is 0 Å². The van der Waals surface area contributed by atoms with Gasteiger partial charge in [-0.3, -0.25) is 9.97 Å². The molecule has 3 rings (SSSR count). The third-order valence-corrected chi connectivity index (χ3v) is 2.88. The highest BCUT2D eigenvalue weighted by Crippen LogP contribution is 2.23. The Kier molecular flexibility index (Phi) is 3.02. The number of rotatable bonds is 2. The van der Waals surface area contributed by atoms with E-state index in [-0.39, 0.29) is 0 Å². The molecule has 3 heterocycles. The maximum atomic E-state index is 4.69. The van der Waals surface area contributed by atoms with Gasteiger partial charge in [-0.25, -0.2) is 4.98 Å². The average Bonchev–Trinajstić information content (AvgIpc) is 2.48. The van der Waals surface area contributed by atoms with E-state index in [1.54, 1.807) is 12.4 Å². The van der Waals surface area contributed by atoms with Crippen molar-refractivity contribution in [2.75, 3.05) is 0 Å². The standard InChI is InChI=1S/C16H13N3/c1-12-8-15(13-4-2-6-17-10-13)19-16(9-12)14-5-3-7-18-11-14/h2-11H,1H3. The molecule has 3 aromatic rings. The SMILES string of the molecule is Cc1cc(-c2cccnc2)nc(-c2cccnc2)c1. The van der Waals surface area contributed by atoms with Crippen LogP contribution < -0.4 is 0 Å². The van der Waals surface area contributed by atoms with Crippen LogP contribution in [0.3, 0.4) is 0 Å².